The van der Waals surface area contributed by atoms with Crippen LogP contribution in [0.2, 0.25) is 0 Å². The van der Waals surface area contributed by atoms with Crippen LogP contribution in [0.15, 0.2) is 0 Å². The first-order valence-electron chi connectivity index (χ1n) is 15.0. The highest BCUT2D eigenvalue weighted by atomic mass is 16.8. The predicted octanol–water partition coefficient (Wildman–Crippen LogP) is -5.52. The van der Waals surface area contributed by atoms with E-state index in [4.69, 9.17) is 37.9 Å². The van der Waals surface area contributed by atoms with Crippen molar-refractivity contribution in [2.24, 2.45) is 11.8 Å². The van der Waals surface area contributed by atoms with Gasteiger partial charge < -0.3 is 89.0 Å². The summed E-state index contributed by atoms with van der Waals surface area (Å²) in [6.45, 7) is 3.00. The first-order chi connectivity index (χ1) is 21.2. The minimum absolute atomic E-state index is 0.324. The van der Waals surface area contributed by atoms with E-state index in [-0.39, 0.29) is 6.61 Å². The second-order valence-corrected chi connectivity index (χ2v) is 12.1. The summed E-state index contributed by atoms with van der Waals surface area (Å²) in [5, 5.41) is 103. The van der Waals surface area contributed by atoms with E-state index in [1.54, 1.807) is 13.8 Å². The molecule has 20 atom stereocenters. The minimum atomic E-state index is -1.77. The average molecular weight is 661 g/mol. The monoisotopic (exact) mass is 660 g/mol. The molecule has 0 spiro atoms. The predicted molar refractivity (Wildman–Crippen MR) is 144 cm³/mol. The molecule has 0 bridgehead atoms. The lowest BCUT2D eigenvalue weighted by molar-refractivity contribution is -0.384. The Morgan fingerprint density at radius 2 is 1.04 bits per heavy atom. The second kappa shape index (κ2) is 15.7. The molecule has 4 heterocycles. The van der Waals surface area contributed by atoms with E-state index in [1.807, 2.05) is 0 Å². The van der Waals surface area contributed by atoms with E-state index in [9.17, 15) is 51.1 Å². The van der Waals surface area contributed by atoms with Crippen molar-refractivity contribution >= 4 is 0 Å². The molecule has 0 saturated carbocycles. The zero-order valence-corrected chi connectivity index (χ0v) is 25.4. The number of ether oxygens (including phenoxy) is 8. The van der Waals surface area contributed by atoms with E-state index < -0.39 is 136 Å². The van der Waals surface area contributed by atoms with Crippen molar-refractivity contribution in [1.82, 2.24) is 0 Å². The van der Waals surface area contributed by atoms with Crippen molar-refractivity contribution < 1.29 is 89.0 Å². The van der Waals surface area contributed by atoms with Gasteiger partial charge in [-0.25, -0.2) is 0 Å². The molecule has 0 aromatic heterocycles. The molecule has 8 unspecified atom stereocenters. The van der Waals surface area contributed by atoms with Crippen LogP contribution in [0, 0.1) is 11.8 Å². The minimum Gasteiger partial charge on any atom is -0.394 e. The first-order valence-corrected chi connectivity index (χ1v) is 15.0. The van der Waals surface area contributed by atoms with Crippen LogP contribution in [0.25, 0.3) is 0 Å². The first kappa shape index (κ1) is 37.1. The van der Waals surface area contributed by atoms with Crippen LogP contribution < -0.4 is 0 Å². The van der Waals surface area contributed by atoms with Crippen LogP contribution in [0.4, 0.5) is 0 Å². The number of rotatable bonds is 10. The number of aliphatic hydroxyl groups excluding tert-OH is 10. The molecule has 18 heteroatoms. The average Bonchev–Trinajstić information content (AvgIpc) is 3.03. The molecule has 4 fully saturated rings. The Morgan fingerprint density at radius 1 is 0.489 bits per heavy atom. The zero-order valence-electron chi connectivity index (χ0n) is 25.4. The number of methoxy groups -OCH3 is 1. The molecular weight excluding hydrogens is 612 g/mol. The largest absolute Gasteiger partial charge is 0.394 e. The molecule has 264 valence electrons. The molecule has 45 heavy (non-hydrogen) atoms. The molecule has 4 rings (SSSR count). The van der Waals surface area contributed by atoms with Crippen LogP contribution in [0.1, 0.15) is 20.8 Å². The topological polar surface area (TPSA) is 276 Å². The maximum Gasteiger partial charge on any atom is 0.187 e. The maximum absolute atomic E-state index is 11.4. The van der Waals surface area contributed by atoms with Crippen molar-refractivity contribution in [1.29, 1.82) is 0 Å². The Kier molecular flexibility index (Phi) is 12.9. The lowest BCUT2D eigenvalue weighted by atomic mass is 9.91. The van der Waals surface area contributed by atoms with Crippen LogP contribution in [-0.4, -0.2) is 189 Å². The number of hydrogen-bond donors (Lipinski definition) is 10. The van der Waals surface area contributed by atoms with Gasteiger partial charge in [-0.15, -0.1) is 0 Å². The fourth-order valence-corrected chi connectivity index (χ4v) is 6.01. The van der Waals surface area contributed by atoms with Crippen LogP contribution in [-0.2, 0) is 37.9 Å². The van der Waals surface area contributed by atoms with E-state index >= 15 is 0 Å². The molecular formula is C27H48O18. The highest BCUT2D eigenvalue weighted by Gasteiger charge is 2.53. The molecule has 4 saturated heterocycles. The second-order valence-electron chi connectivity index (χ2n) is 12.1. The smallest absolute Gasteiger partial charge is 0.187 e. The van der Waals surface area contributed by atoms with Crippen molar-refractivity contribution in [3.8, 4) is 0 Å². The normalized spacial score (nSPS) is 52.9. The summed E-state index contributed by atoms with van der Waals surface area (Å²) in [5.74, 6) is -1.42. The highest BCUT2D eigenvalue weighted by Crippen LogP contribution is 2.35. The van der Waals surface area contributed by atoms with E-state index in [0.717, 1.165) is 0 Å². The van der Waals surface area contributed by atoms with E-state index in [1.165, 1.54) is 14.0 Å². The third-order valence-electron chi connectivity index (χ3n) is 9.03. The van der Waals surface area contributed by atoms with Gasteiger partial charge >= 0.3 is 0 Å². The number of aliphatic hydroxyl groups is 10. The molecule has 0 radical (unpaired) electrons. The Balaban J connectivity index is 1.51. The van der Waals surface area contributed by atoms with Crippen molar-refractivity contribution in [2.45, 2.75) is 131 Å². The van der Waals surface area contributed by atoms with E-state index in [0.29, 0.717) is 0 Å². The lowest BCUT2D eigenvalue weighted by Crippen LogP contribution is -2.66. The highest BCUT2D eigenvalue weighted by molar-refractivity contribution is 4.96. The molecule has 18 nitrogen and oxygen atoms in total. The van der Waals surface area contributed by atoms with Gasteiger partial charge in [-0.1, -0.05) is 13.8 Å². The Hall–Kier alpha value is -0.720. The Bertz CT molecular complexity index is 915. The summed E-state index contributed by atoms with van der Waals surface area (Å²) in [6.07, 6.45) is -25.0. The molecule has 0 aliphatic carbocycles. The number of hydrogen-bond acceptors (Lipinski definition) is 18. The summed E-state index contributed by atoms with van der Waals surface area (Å²) >= 11 is 0. The third kappa shape index (κ3) is 7.64. The Morgan fingerprint density at radius 3 is 1.64 bits per heavy atom. The third-order valence-corrected chi connectivity index (χ3v) is 9.03. The van der Waals surface area contributed by atoms with Crippen LogP contribution in [0.5, 0.6) is 0 Å². The van der Waals surface area contributed by atoms with Gasteiger partial charge in [-0.05, 0) is 6.92 Å². The van der Waals surface area contributed by atoms with Crippen molar-refractivity contribution in [3.05, 3.63) is 0 Å². The Labute approximate surface area is 259 Å². The summed E-state index contributed by atoms with van der Waals surface area (Å²) < 4.78 is 45.8. The van der Waals surface area contributed by atoms with Gasteiger partial charge in [0.15, 0.2) is 25.2 Å². The quantitative estimate of drug-likeness (QED) is 0.105. The van der Waals surface area contributed by atoms with Gasteiger partial charge in [0.2, 0.25) is 0 Å². The van der Waals surface area contributed by atoms with Gasteiger partial charge in [0.1, 0.15) is 67.1 Å². The molecule has 4 aliphatic rings. The molecule has 0 aromatic carbocycles. The lowest BCUT2D eigenvalue weighted by Gasteiger charge is -2.49. The fourth-order valence-electron chi connectivity index (χ4n) is 6.01. The van der Waals surface area contributed by atoms with Gasteiger partial charge in [-0.3, -0.25) is 0 Å². The van der Waals surface area contributed by atoms with Gasteiger partial charge in [0.05, 0.1) is 38.1 Å². The fraction of sp³-hybridized carbons (Fsp3) is 1.00. The summed E-state index contributed by atoms with van der Waals surface area (Å²) in [7, 11) is 1.36. The molecule has 0 amide bonds. The summed E-state index contributed by atoms with van der Waals surface area (Å²) in [5.41, 5.74) is 0. The molecule has 10 N–H and O–H groups in total. The molecule has 0 aromatic rings. The SMILES string of the molecule is CO[C@H]1OC(CO[C@@H]2OC(CO)[C@@H](O)[C@H](O)C2C)[C@H](O)[C@H](O[C@@H]2OC(CO)[C@H](O)[C@H](O)C2O[C@@H]2OC(C)[C@@H](O)[C@H](O)C2O)C1C. The van der Waals surface area contributed by atoms with Gasteiger partial charge in [-0.2, -0.15) is 0 Å². The van der Waals surface area contributed by atoms with Crippen molar-refractivity contribution in [3.63, 3.8) is 0 Å². The summed E-state index contributed by atoms with van der Waals surface area (Å²) in [4.78, 5) is 0. The summed E-state index contributed by atoms with van der Waals surface area (Å²) in [6, 6.07) is 0. The standard InChI is InChI=1S/C27H48O18/c1-8-14(30)16(32)11(5-28)41-25(8)39-7-13-18(34)22(9(2)24(38-4)43-13)44-27-23(20(36)17(33)12(6-29)42-27)45-26-21(37)19(35)15(31)10(3)40-26/h8-37H,5-7H2,1-4H3/t8?,9?,10?,11?,12?,13?,14-,15-,16-,17+,18+,19+,20+,21?,22-,23?,24+,25-,26+,27+/m1/s1. The zero-order chi connectivity index (χ0) is 33.3. The maximum atomic E-state index is 11.4. The molecule has 4 aliphatic heterocycles. The van der Waals surface area contributed by atoms with Crippen LogP contribution >= 0.6 is 0 Å². The van der Waals surface area contributed by atoms with E-state index in [2.05, 4.69) is 0 Å². The van der Waals surface area contributed by atoms with Gasteiger partial charge in [0.25, 0.3) is 0 Å². The van der Waals surface area contributed by atoms with Crippen LogP contribution in [0.3, 0.4) is 0 Å². The van der Waals surface area contributed by atoms with Crippen molar-refractivity contribution in [2.75, 3.05) is 26.9 Å². The van der Waals surface area contributed by atoms with Gasteiger partial charge in [0, 0.05) is 18.9 Å².